The van der Waals surface area contributed by atoms with E-state index >= 15 is 0 Å². The Bertz CT molecular complexity index is 196. The Morgan fingerprint density at radius 3 is 2.53 bits per heavy atom. The predicted octanol–water partition coefficient (Wildman–Crippen LogP) is 1.45. The molecule has 15 heavy (non-hydrogen) atoms. The summed E-state index contributed by atoms with van der Waals surface area (Å²) in [4.78, 5) is 0. The number of hydrogen-bond donors (Lipinski definition) is 2. The summed E-state index contributed by atoms with van der Waals surface area (Å²) in [6, 6.07) is 0.570. The predicted molar refractivity (Wildman–Crippen MR) is 59.9 cm³/mol. The van der Waals surface area contributed by atoms with Gasteiger partial charge in [0.25, 0.3) is 0 Å². The lowest BCUT2D eigenvalue weighted by Crippen LogP contribution is -2.51. The molecule has 3 heteroatoms. The summed E-state index contributed by atoms with van der Waals surface area (Å²) in [5.41, 5.74) is -0.420. The van der Waals surface area contributed by atoms with Gasteiger partial charge in [-0.15, -0.1) is 0 Å². The van der Waals surface area contributed by atoms with Crippen molar-refractivity contribution in [2.24, 2.45) is 0 Å². The number of aliphatic hydroxyl groups is 1. The van der Waals surface area contributed by atoms with Crippen LogP contribution in [0.2, 0.25) is 0 Å². The van der Waals surface area contributed by atoms with Crippen LogP contribution in [-0.4, -0.2) is 36.5 Å². The van der Waals surface area contributed by atoms with Gasteiger partial charge >= 0.3 is 0 Å². The van der Waals surface area contributed by atoms with E-state index in [-0.39, 0.29) is 0 Å². The molecular weight excluding hydrogens is 190 g/mol. The maximum absolute atomic E-state index is 10.3. The van der Waals surface area contributed by atoms with E-state index in [2.05, 4.69) is 5.32 Å². The second-order valence-electron chi connectivity index (χ2n) is 5.19. The van der Waals surface area contributed by atoms with Crippen molar-refractivity contribution in [2.75, 3.05) is 13.7 Å². The zero-order chi connectivity index (χ0) is 10.7. The van der Waals surface area contributed by atoms with E-state index < -0.39 is 5.60 Å². The summed E-state index contributed by atoms with van der Waals surface area (Å²) >= 11 is 0. The van der Waals surface area contributed by atoms with Gasteiger partial charge in [-0.05, 0) is 25.7 Å². The van der Waals surface area contributed by atoms with Crippen molar-refractivity contribution >= 4 is 0 Å². The van der Waals surface area contributed by atoms with Crippen LogP contribution >= 0.6 is 0 Å². The third-order valence-electron chi connectivity index (χ3n) is 3.93. The average molecular weight is 213 g/mol. The topological polar surface area (TPSA) is 41.5 Å². The molecule has 0 amide bonds. The van der Waals surface area contributed by atoms with Crippen LogP contribution in [0.15, 0.2) is 0 Å². The SMILES string of the molecule is COC1CC(NCC2(O)CCCCC2)C1. The molecule has 2 saturated carbocycles. The van der Waals surface area contributed by atoms with Gasteiger partial charge in [-0.25, -0.2) is 0 Å². The number of rotatable bonds is 4. The highest BCUT2D eigenvalue weighted by molar-refractivity contribution is 4.90. The van der Waals surface area contributed by atoms with Crippen molar-refractivity contribution in [2.45, 2.75) is 62.7 Å². The van der Waals surface area contributed by atoms with E-state index in [4.69, 9.17) is 4.74 Å². The van der Waals surface area contributed by atoms with Crippen molar-refractivity contribution in [3.63, 3.8) is 0 Å². The molecule has 2 rings (SSSR count). The summed E-state index contributed by atoms with van der Waals surface area (Å²) in [6.45, 7) is 0.772. The Morgan fingerprint density at radius 2 is 1.93 bits per heavy atom. The first-order valence-electron chi connectivity index (χ1n) is 6.20. The lowest BCUT2D eigenvalue weighted by atomic mass is 9.83. The molecule has 2 aliphatic carbocycles. The Balaban J connectivity index is 1.65. The second-order valence-corrected chi connectivity index (χ2v) is 5.19. The van der Waals surface area contributed by atoms with Crippen LogP contribution in [0.3, 0.4) is 0 Å². The zero-order valence-corrected chi connectivity index (χ0v) is 9.67. The molecule has 3 nitrogen and oxygen atoms in total. The standard InChI is InChI=1S/C12H23NO2/c1-15-11-7-10(8-11)13-9-12(14)5-3-2-4-6-12/h10-11,13-14H,2-9H2,1H3. The van der Waals surface area contributed by atoms with Gasteiger partial charge in [0.05, 0.1) is 11.7 Å². The van der Waals surface area contributed by atoms with Gasteiger partial charge in [-0.2, -0.15) is 0 Å². The molecule has 2 N–H and O–H groups in total. The van der Waals surface area contributed by atoms with E-state index in [0.29, 0.717) is 12.1 Å². The molecule has 0 aromatic heterocycles. The number of ether oxygens (including phenoxy) is 1. The first kappa shape index (κ1) is 11.4. The highest BCUT2D eigenvalue weighted by Crippen LogP contribution is 2.29. The van der Waals surface area contributed by atoms with Crippen molar-refractivity contribution in [1.29, 1.82) is 0 Å². The summed E-state index contributed by atoms with van der Waals surface area (Å²) < 4.78 is 5.23. The van der Waals surface area contributed by atoms with E-state index in [1.807, 2.05) is 0 Å². The highest BCUT2D eigenvalue weighted by Gasteiger charge is 2.33. The monoisotopic (exact) mass is 213 g/mol. The first-order valence-corrected chi connectivity index (χ1v) is 6.20. The van der Waals surface area contributed by atoms with Crippen molar-refractivity contribution in [3.8, 4) is 0 Å². The summed E-state index contributed by atoms with van der Waals surface area (Å²) in [7, 11) is 1.77. The van der Waals surface area contributed by atoms with Crippen molar-refractivity contribution < 1.29 is 9.84 Å². The number of hydrogen-bond acceptors (Lipinski definition) is 3. The maximum atomic E-state index is 10.3. The summed E-state index contributed by atoms with van der Waals surface area (Å²) in [5, 5.41) is 13.7. The third kappa shape index (κ3) is 2.92. The number of nitrogens with one attached hydrogen (secondary N) is 1. The Hall–Kier alpha value is -0.120. The van der Waals surface area contributed by atoms with Crippen molar-refractivity contribution in [3.05, 3.63) is 0 Å². The van der Waals surface area contributed by atoms with E-state index in [9.17, 15) is 5.11 Å². The molecule has 0 atom stereocenters. The molecule has 0 unspecified atom stereocenters. The minimum Gasteiger partial charge on any atom is -0.389 e. The fraction of sp³-hybridized carbons (Fsp3) is 1.00. The Labute approximate surface area is 92.2 Å². The van der Waals surface area contributed by atoms with Crippen molar-refractivity contribution in [1.82, 2.24) is 5.32 Å². The molecule has 88 valence electrons. The first-order chi connectivity index (χ1) is 7.22. The van der Waals surface area contributed by atoms with E-state index in [0.717, 1.165) is 32.2 Å². The molecule has 0 heterocycles. The lowest BCUT2D eigenvalue weighted by molar-refractivity contribution is -0.0178. The molecule has 2 fully saturated rings. The second kappa shape index (κ2) is 4.81. The van der Waals surface area contributed by atoms with E-state index in [1.165, 1.54) is 19.3 Å². The van der Waals surface area contributed by atoms with E-state index in [1.54, 1.807) is 7.11 Å². The largest absolute Gasteiger partial charge is 0.389 e. The van der Waals surface area contributed by atoms with Gasteiger partial charge < -0.3 is 15.2 Å². The van der Waals surface area contributed by atoms with Gasteiger partial charge in [0.15, 0.2) is 0 Å². The fourth-order valence-electron chi connectivity index (χ4n) is 2.65. The van der Waals surface area contributed by atoms with Crippen LogP contribution in [-0.2, 0) is 4.74 Å². The maximum Gasteiger partial charge on any atom is 0.0771 e. The van der Waals surface area contributed by atoms with Crippen LogP contribution in [0, 0.1) is 0 Å². The van der Waals surface area contributed by atoms with Crippen LogP contribution < -0.4 is 5.32 Å². The minimum absolute atomic E-state index is 0.420. The smallest absolute Gasteiger partial charge is 0.0771 e. The molecule has 0 saturated heterocycles. The van der Waals surface area contributed by atoms with Gasteiger partial charge in [0, 0.05) is 19.7 Å². The Morgan fingerprint density at radius 1 is 1.27 bits per heavy atom. The quantitative estimate of drug-likeness (QED) is 0.742. The van der Waals surface area contributed by atoms with Crippen LogP contribution in [0.4, 0.5) is 0 Å². The molecular formula is C12H23NO2. The number of methoxy groups -OCH3 is 1. The van der Waals surface area contributed by atoms with Crippen LogP contribution in [0.5, 0.6) is 0 Å². The molecule has 0 aliphatic heterocycles. The average Bonchev–Trinajstić information content (AvgIpc) is 2.17. The van der Waals surface area contributed by atoms with Gasteiger partial charge in [0.1, 0.15) is 0 Å². The van der Waals surface area contributed by atoms with Crippen LogP contribution in [0.1, 0.15) is 44.9 Å². The molecule has 0 bridgehead atoms. The third-order valence-corrected chi connectivity index (χ3v) is 3.93. The molecule has 2 aliphatic rings. The van der Waals surface area contributed by atoms with Gasteiger partial charge in [0.2, 0.25) is 0 Å². The summed E-state index contributed by atoms with van der Waals surface area (Å²) in [6.07, 6.45) is 8.26. The zero-order valence-electron chi connectivity index (χ0n) is 9.67. The fourth-order valence-corrected chi connectivity index (χ4v) is 2.65. The molecule has 0 radical (unpaired) electrons. The van der Waals surface area contributed by atoms with Gasteiger partial charge in [-0.3, -0.25) is 0 Å². The summed E-state index contributed by atoms with van der Waals surface area (Å²) in [5.74, 6) is 0. The molecule has 0 spiro atoms. The van der Waals surface area contributed by atoms with Gasteiger partial charge in [-0.1, -0.05) is 19.3 Å². The normalized spacial score (nSPS) is 34.8. The lowest BCUT2D eigenvalue weighted by Gasteiger charge is -2.39. The highest BCUT2D eigenvalue weighted by atomic mass is 16.5. The van der Waals surface area contributed by atoms with Crippen LogP contribution in [0.25, 0.3) is 0 Å². The molecule has 0 aromatic rings. The minimum atomic E-state index is -0.420. The Kier molecular flexibility index (Phi) is 3.65. The molecule has 0 aromatic carbocycles.